The van der Waals surface area contributed by atoms with Crippen LogP contribution in [-0.2, 0) is 4.79 Å². The summed E-state index contributed by atoms with van der Waals surface area (Å²) in [5, 5.41) is 3.99. The van der Waals surface area contributed by atoms with Gasteiger partial charge in [-0.3, -0.25) is 4.79 Å². The largest absolute Gasteiger partial charge is 0.495 e. The lowest BCUT2D eigenvalue weighted by Gasteiger charge is -2.09. The van der Waals surface area contributed by atoms with Crippen LogP contribution >= 0.6 is 34.8 Å². The van der Waals surface area contributed by atoms with Gasteiger partial charge in [0.05, 0.1) is 24.9 Å². The first-order valence-corrected chi connectivity index (χ1v) is 7.93. The third-order valence-corrected chi connectivity index (χ3v) is 3.81. The van der Waals surface area contributed by atoms with Crippen molar-refractivity contribution in [1.29, 1.82) is 0 Å². The second-order valence-electron chi connectivity index (χ2n) is 4.68. The minimum atomic E-state index is -0.367. The predicted octanol–water partition coefficient (Wildman–Crippen LogP) is 5.32. The second kappa shape index (κ2) is 8.29. The van der Waals surface area contributed by atoms with E-state index in [0.29, 0.717) is 37.8 Å². The molecule has 0 aliphatic heterocycles. The molecule has 2 rings (SSSR count). The van der Waals surface area contributed by atoms with Crippen LogP contribution in [0.25, 0.3) is 6.08 Å². The Hall–Kier alpha value is -1.88. The van der Waals surface area contributed by atoms with Crippen molar-refractivity contribution in [1.82, 2.24) is 0 Å². The van der Waals surface area contributed by atoms with Crippen molar-refractivity contribution in [3.8, 4) is 11.5 Å². The molecule has 4 nitrogen and oxygen atoms in total. The van der Waals surface area contributed by atoms with Crippen molar-refractivity contribution in [3.63, 3.8) is 0 Å². The van der Waals surface area contributed by atoms with Crippen molar-refractivity contribution in [2.24, 2.45) is 0 Å². The fourth-order valence-corrected chi connectivity index (χ4v) is 2.80. The molecular formula is C17H14Cl3NO3. The van der Waals surface area contributed by atoms with Gasteiger partial charge >= 0.3 is 0 Å². The van der Waals surface area contributed by atoms with Crippen LogP contribution in [0, 0.1) is 0 Å². The average Bonchev–Trinajstić information content (AvgIpc) is 2.52. The van der Waals surface area contributed by atoms with Crippen LogP contribution in [0.15, 0.2) is 36.4 Å². The third-order valence-electron chi connectivity index (χ3n) is 3.07. The molecule has 2 aromatic rings. The van der Waals surface area contributed by atoms with Gasteiger partial charge in [-0.25, -0.2) is 0 Å². The summed E-state index contributed by atoms with van der Waals surface area (Å²) in [6.07, 6.45) is 2.90. The molecule has 0 fully saturated rings. The molecule has 0 unspecified atom stereocenters. The first-order valence-electron chi connectivity index (χ1n) is 6.80. The predicted molar refractivity (Wildman–Crippen MR) is 98.7 cm³/mol. The SMILES string of the molecule is COc1ccc(Cl)cc1NC(=O)/C=C/c1cc(Cl)cc(Cl)c1OC. The van der Waals surface area contributed by atoms with Crippen LogP contribution in [-0.4, -0.2) is 20.1 Å². The highest BCUT2D eigenvalue weighted by molar-refractivity contribution is 6.36. The van der Waals surface area contributed by atoms with Crippen molar-refractivity contribution in [3.05, 3.63) is 57.0 Å². The van der Waals surface area contributed by atoms with Gasteiger partial charge in [-0.05, 0) is 36.4 Å². The Morgan fingerprint density at radius 2 is 1.79 bits per heavy atom. The molecule has 7 heteroatoms. The molecule has 0 aliphatic carbocycles. The lowest BCUT2D eigenvalue weighted by atomic mass is 10.2. The number of carbonyl (C=O) groups is 1. The van der Waals surface area contributed by atoms with E-state index in [0.717, 1.165) is 0 Å². The van der Waals surface area contributed by atoms with E-state index < -0.39 is 0 Å². The number of amides is 1. The van der Waals surface area contributed by atoms with E-state index in [2.05, 4.69) is 5.32 Å². The summed E-state index contributed by atoms with van der Waals surface area (Å²) < 4.78 is 10.4. The highest BCUT2D eigenvalue weighted by atomic mass is 35.5. The summed E-state index contributed by atoms with van der Waals surface area (Å²) in [4.78, 5) is 12.1. The zero-order valence-corrected chi connectivity index (χ0v) is 15.2. The molecule has 0 aliphatic rings. The maximum atomic E-state index is 12.1. The monoisotopic (exact) mass is 385 g/mol. The lowest BCUT2D eigenvalue weighted by Crippen LogP contribution is -2.09. The fourth-order valence-electron chi connectivity index (χ4n) is 2.04. The summed E-state index contributed by atoms with van der Waals surface area (Å²) in [7, 11) is 3.00. The fraction of sp³-hybridized carbons (Fsp3) is 0.118. The van der Waals surface area contributed by atoms with Gasteiger partial charge in [-0.2, -0.15) is 0 Å². The van der Waals surface area contributed by atoms with E-state index >= 15 is 0 Å². The summed E-state index contributed by atoms with van der Waals surface area (Å²) in [6.45, 7) is 0. The first-order chi connectivity index (χ1) is 11.4. The molecule has 0 radical (unpaired) electrons. The number of carbonyl (C=O) groups excluding carboxylic acids is 1. The number of hydrogen-bond acceptors (Lipinski definition) is 3. The van der Waals surface area contributed by atoms with Crippen LogP contribution < -0.4 is 14.8 Å². The number of anilines is 1. The van der Waals surface area contributed by atoms with Crippen LogP contribution in [0.4, 0.5) is 5.69 Å². The molecule has 24 heavy (non-hydrogen) atoms. The lowest BCUT2D eigenvalue weighted by molar-refractivity contribution is -0.111. The van der Waals surface area contributed by atoms with E-state index in [4.69, 9.17) is 44.3 Å². The van der Waals surface area contributed by atoms with E-state index in [-0.39, 0.29) is 5.91 Å². The highest BCUT2D eigenvalue weighted by Crippen LogP contribution is 2.33. The molecule has 0 bridgehead atoms. The van der Waals surface area contributed by atoms with Crippen molar-refractivity contribution < 1.29 is 14.3 Å². The summed E-state index contributed by atoms with van der Waals surface area (Å²) >= 11 is 18.0. The van der Waals surface area contributed by atoms with Gasteiger partial charge in [0.1, 0.15) is 11.5 Å². The molecule has 0 atom stereocenters. The number of methoxy groups -OCH3 is 2. The standard InChI is InChI=1S/C17H14Cl3NO3/c1-23-15-5-4-11(18)9-14(15)21-16(22)6-3-10-7-12(19)8-13(20)17(10)24-2/h3-9H,1-2H3,(H,21,22)/b6-3+. The zero-order valence-electron chi connectivity index (χ0n) is 12.9. The molecule has 126 valence electrons. The summed E-state index contributed by atoms with van der Waals surface area (Å²) in [5.74, 6) is 0.573. The van der Waals surface area contributed by atoms with E-state index in [1.54, 1.807) is 36.4 Å². The third kappa shape index (κ3) is 4.57. The molecule has 0 spiro atoms. The Balaban J connectivity index is 2.22. The van der Waals surface area contributed by atoms with Gasteiger partial charge < -0.3 is 14.8 Å². The summed E-state index contributed by atoms with van der Waals surface area (Å²) in [6, 6.07) is 8.15. The van der Waals surface area contributed by atoms with Crippen LogP contribution in [0.1, 0.15) is 5.56 Å². The second-order valence-corrected chi connectivity index (χ2v) is 5.96. The van der Waals surface area contributed by atoms with Crippen LogP contribution in [0.3, 0.4) is 0 Å². The van der Waals surface area contributed by atoms with Crippen LogP contribution in [0.2, 0.25) is 15.1 Å². The van der Waals surface area contributed by atoms with Crippen molar-refractivity contribution >= 4 is 52.5 Å². The minimum Gasteiger partial charge on any atom is -0.495 e. The topological polar surface area (TPSA) is 47.6 Å². The Morgan fingerprint density at radius 1 is 1.04 bits per heavy atom. The molecule has 1 amide bonds. The minimum absolute atomic E-state index is 0.363. The molecule has 1 N–H and O–H groups in total. The summed E-state index contributed by atoms with van der Waals surface area (Å²) in [5.41, 5.74) is 1.05. The van der Waals surface area contributed by atoms with Gasteiger partial charge in [-0.1, -0.05) is 34.8 Å². The zero-order chi connectivity index (χ0) is 17.7. The quantitative estimate of drug-likeness (QED) is 0.708. The highest BCUT2D eigenvalue weighted by Gasteiger charge is 2.09. The number of hydrogen-bond donors (Lipinski definition) is 1. The number of halogens is 3. The maximum Gasteiger partial charge on any atom is 0.248 e. The Labute approximate surface area is 154 Å². The normalized spacial score (nSPS) is 10.7. The van der Waals surface area contributed by atoms with E-state index in [1.807, 2.05) is 0 Å². The average molecular weight is 387 g/mol. The number of ether oxygens (including phenoxy) is 2. The Kier molecular flexibility index (Phi) is 6.37. The smallest absolute Gasteiger partial charge is 0.248 e. The molecule has 2 aromatic carbocycles. The van der Waals surface area contributed by atoms with E-state index in [1.165, 1.54) is 20.3 Å². The molecule has 0 saturated heterocycles. The van der Waals surface area contributed by atoms with Crippen molar-refractivity contribution in [2.45, 2.75) is 0 Å². The van der Waals surface area contributed by atoms with Gasteiger partial charge in [-0.15, -0.1) is 0 Å². The van der Waals surface area contributed by atoms with Gasteiger partial charge in [0.25, 0.3) is 0 Å². The first kappa shape index (κ1) is 18.5. The van der Waals surface area contributed by atoms with Gasteiger partial charge in [0, 0.05) is 21.7 Å². The van der Waals surface area contributed by atoms with Crippen LogP contribution in [0.5, 0.6) is 11.5 Å². The maximum absolute atomic E-state index is 12.1. The number of benzene rings is 2. The molecule has 0 saturated carbocycles. The number of nitrogens with one attached hydrogen (secondary N) is 1. The van der Waals surface area contributed by atoms with Gasteiger partial charge in [0.2, 0.25) is 5.91 Å². The molecule has 0 heterocycles. The van der Waals surface area contributed by atoms with E-state index in [9.17, 15) is 4.79 Å². The molecule has 0 aromatic heterocycles. The molecular weight excluding hydrogens is 373 g/mol. The van der Waals surface area contributed by atoms with Gasteiger partial charge in [0.15, 0.2) is 0 Å². The van der Waals surface area contributed by atoms with Crippen molar-refractivity contribution in [2.75, 3.05) is 19.5 Å². The Morgan fingerprint density at radius 3 is 2.46 bits per heavy atom. The number of rotatable bonds is 5. The Bertz CT molecular complexity index is 791.